The van der Waals surface area contributed by atoms with Crippen LogP contribution < -0.4 is 10.6 Å². The first-order chi connectivity index (χ1) is 11.7. The average molecular weight is 339 g/mol. The number of aromatic nitrogens is 2. The van der Waals surface area contributed by atoms with Crippen molar-refractivity contribution in [1.29, 1.82) is 0 Å². The van der Waals surface area contributed by atoms with Gasteiger partial charge < -0.3 is 10.6 Å². The van der Waals surface area contributed by atoms with E-state index in [2.05, 4.69) is 51.8 Å². The Bertz CT molecular complexity index is 720. The van der Waals surface area contributed by atoms with Crippen LogP contribution in [0.2, 0.25) is 5.02 Å². The van der Waals surface area contributed by atoms with Crippen molar-refractivity contribution in [2.45, 2.75) is 20.0 Å². The molecule has 1 heterocycles. The van der Waals surface area contributed by atoms with E-state index in [1.807, 2.05) is 30.3 Å². The van der Waals surface area contributed by atoms with Crippen molar-refractivity contribution in [3.63, 3.8) is 0 Å². The highest BCUT2D eigenvalue weighted by Crippen LogP contribution is 2.14. The minimum Gasteiger partial charge on any atom is -0.366 e. The predicted molar refractivity (Wildman–Crippen MR) is 99.3 cm³/mol. The van der Waals surface area contributed by atoms with Crippen molar-refractivity contribution in [3.05, 3.63) is 82.6 Å². The summed E-state index contributed by atoms with van der Waals surface area (Å²) < 4.78 is 0. The molecular weight excluding hydrogens is 320 g/mol. The van der Waals surface area contributed by atoms with Crippen LogP contribution in [0.5, 0.6) is 0 Å². The minimum atomic E-state index is 0.686. The molecule has 3 rings (SSSR count). The van der Waals surface area contributed by atoms with Crippen LogP contribution in [0.4, 0.5) is 11.6 Å². The van der Waals surface area contributed by atoms with Gasteiger partial charge in [-0.3, -0.25) is 0 Å². The third kappa shape index (κ3) is 4.70. The Balaban J connectivity index is 1.57. The Hall–Kier alpha value is -2.59. The minimum absolute atomic E-state index is 0.686. The zero-order chi connectivity index (χ0) is 16.8. The largest absolute Gasteiger partial charge is 0.366 e. The molecule has 2 aromatic carbocycles. The maximum absolute atomic E-state index is 5.89. The van der Waals surface area contributed by atoms with Gasteiger partial charge in [0.05, 0.1) is 0 Å². The molecule has 1 aromatic heterocycles. The van der Waals surface area contributed by atoms with Crippen LogP contribution in [0.3, 0.4) is 0 Å². The Kier molecular flexibility index (Phi) is 5.29. The Morgan fingerprint density at radius 3 is 1.83 bits per heavy atom. The van der Waals surface area contributed by atoms with Crippen LogP contribution in [0.15, 0.2) is 60.9 Å². The average Bonchev–Trinajstić information content (AvgIpc) is 2.61. The number of halogens is 1. The second-order valence-corrected chi connectivity index (χ2v) is 6.04. The Morgan fingerprint density at radius 1 is 0.792 bits per heavy atom. The topological polar surface area (TPSA) is 49.8 Å². The molecule has 0 saturated carbocycles. The molecule has 0 fully saturated rings. The molecule has 0 saturated heterocycles. The molecule has 0 unspecified atom stereocenters. The van der Waals surface area contributed by atoms with Crippen molar-refractivity contribution in [3.8, 4) is 0 Å². The number of rotatable bonds is 6. The van der Waals surface area contributed by atoms with Gasteiger partial charge in [0.25, 0.3) is 0 Å². The summed E-state index contributed by atoms with van der Waals surface area (Å²) in [5.41, 5.74) is 3.62. The number of hydrogen-bond donors (Lipinski definition) is 2. The zero-order valence-electron chi connectivity index (χ0n) is 13.5. The molecule has 0 aliphatic rings. The normalized spacial score (nSPS) is 10.4. The van der Waals surface area contributed by atoms with Crippen molar-refractivity contribution >= 4 is 23.2 Å². The standard InChI is InChI=1S/C19H19ClN4/c1-14-2-4-15(5-3-14)11-21-18-10-19(24-13-23-18)22-12-16-6-8-17(20)9-7-16/h2-10,13H,11-12H2,1H3,(H2,21,22,23,24). The van der Waals surface area contributed by atoms with Crippen LogP contribution in [0, 0.1) is 6.92 Å². The highest BCUT2D eigenvalue weighted by molar-refractivity contribution is 6.30. The first kappa shape index (κ1) is 16.3. The van der Waals surface area contributed by atoms with E-state index >= 15 is 0 Å². The summed E-state index contributed by atoms with van der Waals surface area (Å²) in [7, 11) is 0. The van der Waals surface area contributed by atoms with Crippen molar-refractivity contribution in [2.75, 3.05) is 10.6 Å². The fourth-order valence-corrected chi connectivity index (χ4v) is 2.37. The molecule has 0 amide bonds. The Morgan fingerprint density at radius 2 is 1.29 bits per heavy atom. The number of nitrogens with zero attached hydrogens (tertiary/aromatic N) is 2. The highest BCUT2D eigenvalue weighted by atomic mass is 35.5. The number of hydrogen-bond acceptors (Lipinski definition) is 4. The smallest absolute Gasteiger partial charge is 0.131 e. The first-order valence-electron chi connectivity index (χ1n) is 7.79. The van der Waals surface area contributed by atoms with Gasteiger partial charge in [0.15, 0.2) is 0 Å². The molecule has 0 bridgehead atoms. The van der Waals surface area contributed by atoms with Crippen molar-refractivity contribution < 1.29 is 0 Å². The summed E-state index contributed by atoms with van der Waals surface area (Å²) in [5, 5.41) is 7.35. The van der Waals surface area contributed by atoms with E-state index in [9.17, 15) is 0 Å². The molecule has 3 aromatic rings. The van der Waals surface area contributed by atoms with Crippen LogP contribution in [-0.4, -0.2) is 9.97 Å². The molecule has 0 aliphatic carbocycles. The third-order valence-corrected chi connectivity index (χ3v) is 3.90. The van der Waals surface area contributed by atoms with E-state index in [1.165, 1.54) is 11.1 Å². The van der Waals surface area contributed by atoms with Crippen molar-refractivity contribution in [2.24, 2.45) is 0 Å². The zero-order valence-corrected chi connectivity index (χ0v) is 14.2. The van der Waals surface area contributed by atoms with Crippen molar-refractivity contribution in [1.82, 2.24) is 9.97 Å². The maximum atomic E-state index is 5.89. The second-order valence-electron chi connectivity index (χ2n) is 5.61. The fraction of sp³-hybridized carbons (Fsp3) is 0.158. The van der Waals surface area contributed by atoms with Crippen LogP contribution >= 0.6 is 11.6 Å². The lowest BCUT2D eigenvalue weighted by Crippen LogP contribution is -2.05. The molecule has 24 heavy (non-hydrogen) atoms. The van der Waals surface area contributed by atoms with E-state index in [0.29, 0.717) is 6.54 Å². The lowest BCUT2D eigenvalue weighted by Gasteiger charge is -2.09. The fourth-order valence-electron chi connectivity index (χ4n) is 2.24. The van der Waals surface area contributed by atoms with E-state index in [4.69, 9.17) is 11.6 Å². The van der Waals surface area contributed by atoms with Gasteiger partial charge in [0, 0.05) is 24.2 Å². The number of nitrogens with one attached hydrogen (secondary N) is 2. The molecule has 0 aliphatic heterocycles. The summed E-state index contributed by atoms with van der Waals surface area (Å²) in [6.45, 7) is 3.50. The summed E-state index contributed by atoms with van der Waals surface area (Å²) in [6.07, 6.45) is 1.56. The van der Waals surface area contributed by atoms with Gasteiger partial charge in [-0.2, -0.15) is 0 Å². The van der Waals surface area contributed by atoms with Gasteiger partial charge in [0.1, 0.15) is 18.0 Å². The molecular formula is C19H19ClN4. The molecule has 2 N–H and O–H groups in total. The number of benzene rings is 2. The van der Waals surface area contributed by atoms with Crippen LogP contribution in [0.1, 0.15) is 16.7 Å². The van der Waals surface area contributed by atoms with Gasteiger partial charge in [-0.25, -0.2) is 9.97 Å². The summed E-state index contributed by atoms with van der Waals surface area (Å²) in [5.74, 6) is 1.58. The molecule has 0 spiro atoms. The van der Waals surface area contributed by atoms with E-state index in [1.54, 1.807) is 6.33 Å². The number of anilines is 2. The quantitative estimate of drug-likeness (QED) is 0.686. The van der Waals surface area contributed by atoms with Gasteiger partial charge >= 0.3 is 0 Å². The number of aryl methyl sites for hydroxylation is 1. The van der Waals surface area contributed by atoms with E-state index < -0.39 is 0 Å². The summed E-state index contributed by atoms with van der Waals surface area (Å²) in [4.78, 5) is 8.51. The van der Waals surface area contributed by atoms with Gasteiger partial charge in [0.2, 0.25) is 0 Å². The molecule has 122 valence electrons. The molecule has 0 atom stereocenters. The Labute approximate surface area is 146 Å². The van der Waals surface area contributed by atoms with Gasteiger partial charge in [-0.1, -0.05) is 53.6 Å². The molecule has 0 radical (unpaired) electrons. The summed E-state index contributed by atoms with van der Waals surface area (Å²) in [6, 6.07) is 18.1. The molecule has 5 heteroatoms. The maximum Gasteiger partial charge on any atom is 0.131 e. The van der Waals surface area contributed by atoms with E-state index in [-0.39, 0.29) is 0 Å². The molecule has 4 nitrogen and oxygen atoms in total. The SMILES string of the molecule is Cc1ccc(CNc2cc(NCc3ccc(Cl)cc3)ncn2)cc1. The summed E-state index contributed by atoms with van der Waals surface area (Å²) >= 11 is 5.89. The van der Waals surface area contributed by atoms with Gasteiger partial charge in [-0.05, 0) is 30.2 Å². The highest BCUT2D eigenvalue weighted by Gasteiger charge is 2.00. The first-order valence-corrected chi connectivity index (χ1v) is 8.16. The predicted octanol–water partition coefficient (Wildman–Crippen LogP) is 4.66. The van der Waals surface area contributed by atoms with Crippen LogP contribution in [-0.2, 0) is 13.1 Å². The lowest BCUT2D eigenvalue weighted by molar-refractivity contribution is 1.05. The third-order valence-electron chi connectivity index (χ3n) is 3.65. The van der Waals surface area contributed by atoms with E-state index in [0.717, 1.165) is 28.8 Å². The van der Waals surface area contributed by atoms with Gasteiger partial charge in [-0.15, -0.1) is 0 Å². The van der Waals surface area contributed by atoms with Crippen LogP contribution in [0.25, 0.3) is 0 Å². The second kappa shape index (κ2) is 7.79. The monoisotopic (exact) mass is 338 g/mol. The lowest BCUT2D eigenvalue weighted by atomic mass is 10.1.